The molecule has 2 rings (SSSR count). The summed E-state index contributed by atoms with van der Waals surface area (Å²) in [6, 6.07) is 17.0. The summed E-state index contributed by atoms with van der Waals surface area (Å²) in [4.78, 5) is 0. The first kappa shape index (κ1) is 22.3. The minimum absolute atomic E-state index is 0.692. The molecule has 2 aromatic rings. The third-order valence-corrected chi connectivity index (χ3v) is 5.21. The van der Waals surface area contributed by atoms with E-state index in [9.17, 15) is 0 Å². The number of hydrogen-bond acceptors (Lipinski definition) is 2. The van der Waals surface area contributed by atoms with Gasteiger partial charge in [-0.15, -0.1) is 0 Å². The Morgan fingerprint density at radius 1 is 0.679 bits per heavy atom. The summed E-state index contributed by atoms with van der Waals surface area (Å²) in [6.45, 7) is 4.98. The van der Waals surface area contributed by atoms with Gasteiger partial charge in [-0.2, -0.15) is 0 Å². The van der Waals surface area contributed by atoms with Crippen molar-refractivity contribution in [1.29, 1.82) is 0 Å². The van der Waals surface area contributed by atoms with E-state index in [-0.39, 0.29) is 0 Å². The van der Waals surface area contributed by atoms with Gasteiger partial charge in [0, 0.05) is 17.4 Å². The summed E-state index contributed by atoms with van der Waals surface area (Å²) < 4.78 is 5.56. The monoisotopic (exact) mass is 381 g/mol. The number of nitrogens with one attached hydrogen (secondary N) is 1. The van der Waals surface area contributed by atoms with Gasteiger partial charge in [-0.1, -0.05) is 82.9 Å². The zero-order valence-electron chi connectivity index (χ0n) is 18.0. The Labute approximate surface area is 172 Å². The van der Waals surface area contributed by atoms with E-state index < -0.39 is 0 Å². The Balaban J connectivity index is 1.60. The molecule has 154 valence electrons. The first-order valence-corrected chi connectivity index (χ1v) is 11.4. The normalized spacial score (nSPS) is 10.8. The molecule has 0 aromatic heterocycles. The summed E-state index contributed by atoms with van der Waals surface area (Å²) in [5, 5.41) is 3.46. The SMILES string of the molecule is CCCCCCCCCCCCc1ccc(Nc2cccc(OCC)c2)cc1. The van der Waals surface area contributed by atoms with Crippen LogP contribution in [0.2, 0.25) is 0 Å². The molecule has 0 bridgehead atoms. The molecule has 0 amide bonds. The highest BCUT2D eigenvalue weighted by Gasteiger charge is 1.99. The summed E-state index contributed by atoms with van der Waals surface area (Å²) >= 11 is 0. The zero-order chi connectivity index (χ0) is 19.9. The molecule has 0 unspecified atom stereocenters. The van der Waals surface area contributed by atoms with Gasteiger partial charge in [0.15, 0.2) is 0 Å². The molecule has 0 atom stereocenters. The van der Waals surface area contributed by atoms with E-state index in [1.165, 1.54) is 76.2 Å². The van der Waals surface area contributed by atoms with Crippen molar-refractivity contribution in [1.82, 2.24) is 0 Å². The summed E-state index contributed by atoms with van der Waals surface area (Å²) in [5.41, 5.74) is 3.63. The Morgan fingerprint density at radius 3 is 1.96 bits per heavy atom. The maximum Gasteiger partial charge on any atom is 0.121 e. The van der Waals surface area contributed by atoms with Crippen molar-refractivity contribution in [3.63, 3.8) is 0 Å². The molecule has 1 N–H and O–H groups in total. The molecule has 0 aliphatic carbocycles. The molecular weight excluding hydrogens is 342 g/mol. The second kappa shape index (κ2) is 14.1. The second-order valence-corrected chi connectivity index (χ2v) is 7.71. The molecule has 2 heteroatoms. The number of unbranched alkanes of at least 4 members (excludes halogenated alkanes) is 9. The molecule has 0 spiro atoms. The third-order valence-electron chi connectivity index (χ3n) is 5.21. The van der Waals surface area contributed by atoms with E-state index in [4.69, 9.17) is 4.74 Å². The number of hydrogen-bond donors (Lipinski definition) is 1. The molecule has 0 fully saturated rings. The van der Waals surface area contributed by atoms with Crippen LogP contribution in [0.25, 0.3) is 0 Å². The lowest BCUT2D eigenvalue weighted by atomic mass is 10.0. The van der Waals surface area contributed by atoms with Crippen molar-refractivity contribution in [2.24, 2.45) is 0 Å². The Morgan fingerprint density at radius 2 is 1.32 bits per heavy atom. The molecule has 0 radical (unpaired) electrons. The average molecular weight is 382 g/mol. The minimum Gasteiger partial charge on any atom is -0.494 e. The first-order chi connectivity index (χ1) is 13.8. The van der Waals surface area contributed by atoms with Crippen LogP contribution in [0.3, 0.4) is 0 Å². The van der Waals surface area contributed by atoms with Crippen molar-refractivity contribution in [3.05, 3.63) is 54.1 Å². The van der Waals surface area contributed by atoms with Gasteiger partial charge in [-0.25, -0.2) is 0 Å². The second-order valence-electron chi connectivity index (χ2n) is 7.71. The van der Waals surface area contributed by atoms with Crippen LogP contribution in [-0.2, 0) is 6.42 Å². The van der Waals surface area contributed by atoms with Crippen molar-refractivity contribution in [3.8, 4) is 5.75 Å². The van der Waals surface area contributed by atoms with E-state index in [1.54, 1.807) is 0 Å². The number of rotatable bonds is 15. The van der Waals surface area contributed by atoms with E-state index in [0.717, 1.165) is 17.1 Å². The predicted molar refractivity (Wildman–Crippen MR) is 123 cm³/mol. The van der Waals surface area contributed by atoms with Gasteiger partial charge in [0.25, 0.3) is 0 Å². The maximum atomic E-state index is 5.56. The predicted octanol–water partition coefficient (Wildman–Crippen LogP) is 8.29. The summed E-state index contributed by atoms with van der Waals surface area (Å²) in [6.07, 6.45) is 15.1. The molecule has 0 aliphatic rings. The maximum absolute atomic E-state index is 5.56. The van der Waals surface area contributed by atoms with E-state index in [1.807, 2.05) is 25.1 Å². The fourth-order valence-corrected chi connectivity index (χ4v) is 3.57. The van der Waals surface area contributed by atoms with Gasteiger partial charge in [-0.05, 0) is 49.6 Å². The average Bonchev–Trinajstić information content (AvgIpc) is 2.71. The van der Waals surface area contributed by atoms with Gasteiger partial charge in [0.05, 0.1) is 6.61 Å². The summed E-state index contributed by atoms with van der Waals surface area (Å²) in [5.74, 6) is 0.907. The number of aryl methyl sites for hydroxylation is 1. The molecule has 0 heterocycles. The molecule has 0 saturated heterocycles. The molecule has 28 heavy (non-hydrogen) atoms. The number of ether oxygens (including phenoxy) is 1. The lowest BCUT2D eigenvalue weighted by molar-refractivity contribution is 0.340. The molecular formula is C26H39NO. The minimum atomic E-state index is 0.692. The number of benzene rings is 2. The first-order valence-electron chi connectivity index (χ1n) is 11.4. The van der Waals surface area contributed by atoms with Gasteiger partial charge < -0.3 is 10.1 Å². The van der Waals surface area contributed by atoms with Crippen molar-refractivity contribution in [2.45, 2.75) is 84.5 Å². The van der Waals surface area contributed by atoms with Crippen LogP contribution >= 0.6 is 0 Å². The van der Waals surface area contributed by atoms with Crippen LogP contribution in [0.15, 0.2) is 48.5 Å². The summed E-state index contributed by atoms with van der Waals surface area (Å²) in [7, 11) is 0. The van der Waals surface area contributed by atoms with Gasteiger partial charge in [0.1, 0.15) is 5.75 Å². The van der Waals surface area contributed by atoms with E-state index in [0.29, 0.717) is 6.61 Å². The topological polar surface area (TPSA) is 21.3 Å². The number of anilines is 2. The largest absolute Gasteiger partial charge is 0.494 e. The molecule has 2 aromatic carbocycles. The third kappa shape index (κ3) is 9.30. The Bertz CT molecular complexity index is 635. The molecule has 0 aliphatic heterocycles. The highest BCUT2D eigenvalue weighted by Crippen LogP contribution is 2.22. The van der Waals surface area contributed by atoms with Crippen LogP contribution in [0.5, 0.6) is 5.75 Å². The van der Waals surface area contributed by atoms with E-state index >= 15 is 0 Å². The van der Waals surface area contributed by atoms with Gasteiger partial charge in [-0.3, -0.25) is 0 Å². The van der Waals surface area contributed by atoms with Crippen LogP contribution in [0.4, 0.5) is 11.4 Å². The molecule has 2 nitrogen and oxygen atoms in total. The van der Waals surface area contributed by atoms with E-state index in [2.05, 4.69) is 42.6 Å². The Hall–Kier alpha value is -1.96. The Kier molecular flexibility index (Phi) is 11.2. The zero-order valence-corrected chi connectivity index (χ0v) is 18.0. The smallest absolute Gasteiger partial charge is 0.121 e. The highest BCUT2D eigenvalue weighted by atomic mass is 16.5. The van der Waals surface area contributed by atoms with Gasteiger partial charge >= 0.3 is 0 Å². The lowest BCUT2D eigenvalue weighted by Crippen LogP contribution is -1.94. The van der Waals surface area contributed by atoms with Crippen molar-refractivity contribution >= 4 is 11.4 Å². The van der Waals surface area contributed by atoms with Crippen LogP contribution in [-0.4, -0.2) is 6.61 Å². The quantitative estimate of drug-likeness (QED) is 0.313. The van der Waals surface area contributed by atoms with Crippen LogP contribution < -0.4 is 10.1 Å². The van der Waals surface area contributed by atoms with Gasteiger partial charge in [0.2, 0.25) is 0 Å². The standard InChI is InChI=1S/C26H39NO/c1-3-5-6-7-8-9-10-11-12-13-15-23-18-20-24(21-19-23)27-25-16-14-17-26(22-25)28-4-2/h14,16-22,27H,3-13,15H2,1-2H3. The fourth-order valence-electron chi connectivity index (χ4n) is 3.57. The van der Waals surface area contributed by atoms with Crippen molar-refractivity contribution in [2.75, 3.05) is 11.9 Å². The highest BCUT2D eigenvalue weighted by molar-refractivity contribution is 5.61. The van der Waals surface area contributed by atoms with Crippen molar-refractivity contribution < 1.29 is 4.74 Å². The van der Waals surface area contributed by atoms with Crippen LogP contribution in [0.1, 0.15) is 83.6 Å². The lowest BCUT2D eigenvalue weighted by Gasteiger charge is -2.10. The fraction of sp³-hybridized carbons (Fsp3) is 0.538. The van der Waals surface area contributed by atoms with Crippen LogP contribution in [0, 0.1) is 0 Å². The molecule has 0 saturated carbocycles.